The number of nitrogens with one attached hydrogen (secondary N) is 1. The van der Waals surface area contributed by atoms with Crippen molar-refractivity contribution in [2.45, 2.75) is 19.4 Å². The number of carbonyl (C=O) groups is 1. The normalized spacial score (nSPS) is 15.5. The van der Waals surface area contributed by atoms with Gasteiger partial charge < -0.3 is 20.1 Å². The number of carbonyl (C=O) groups excluding carboxylic acids is 1. The monoisotopic (exact) mass is 336 g/mol. The maximum atomic E-state index is 12.9. The van der Waals surface area contributed by atoms with Gasteiger partial charge in [0.25, 0.3) is 11.5 Å². The van der Waals surface area contributed by atoms with Gasteiger partial charge in [-0.2, -0.15) is 0 Å². The molecule has 4 rings (SSSR count). The SMILES string of the molecule is C[C@H]1Cc2cccc3c(O)c(C(=O)Nc4ccc(O)cc4)c(=O)n1c23. The lowest BCUT2D eigenvalue weighted by atomic mass is 10.1. The quantitative estimate of drug-likeness (QED) is 0.628. The van der Waals surface area contributed by atoms with Crippen LogP contribution in [-0.2, 0) is 6.42 Å². The molecule has 0 radical (unpaired) electrons. The molecule has 6 heteroatoms. The highest BCUT2D eigenvalue weighted by atomic mass is 16.3. The summed E-state index contributed by atoms with van der Waals surface area (Å²) in [6.07, 6.45) is 0.690. The second-order valence-corrected chi connectivity index (χ2v) is 6.27. The van der Waals surface area contributed by atoms with E-state index in [-0.39, 0.29) is 23.1 Å². The maximum absolute atomic E-state index is 12.9. The second kappa shape index (κ2) is 5.37. The van der Waals surface area contributed by atoms with Gasteiger partial charge in [-0.3, -0.25) is 9.59 Å². The van der Waals surface area contributed by atoms with E-state index in [4.69, 9.17) is 0 Å². The number of hydrogen-bond donors (Lipinski definition) is 3. The van der Waals surface area contributed by atoms with Crippen LogP contribution in [0.1, 0.15) is 28.9 Å². The van der Waals surface area contributed by atoms with Crippen molar-refractivity contribution in [1.82, 2.24) is 4.57 Å². The lowest BCUT2D eigenvalue weighted by Crippen LogP contribution is -2.30. The smallest absolute Gasteiger partial charge is 0.268 e. The summed E-state index contributed by atoms with van der Waals surface area (Å²) in [4.78, 5) is 25.5. The fourth-order valence-corrected chi connectivity index (χ4v) is 3.46. The van der Waals surface area contributed by atoms with Crippen LogP contribution in [0.25, 0.3) is 10.9 Å². The zero-order valence-electron chi connectivity index (χ0n) is 13.5. The van der Waals surface area contributed by atoms with Gasteiger partial charge in [0, 0.05) is 17.1 Å². The van der Waals surface area contributed by atoms with Crippen molar-refractivity contribution in [1.29, 1.82) is 0 Å². The number of aromatic nitrogens is 1. The van der Waals surface area contributed by atoms with Crippen LogP contribution >= 0.6 is 0 Å². The topological polar surface area (TPSA) is 91.6 Å². The van der Waals surface area contributed by atoms with Crippen LogP contribution in [0.4, 0.5) is 5.69 Å². The third kappa shape index (κ3) is 2.26. The van der Waals surface area contributed by atoms with E-state index in [1.54, 1.807) is 10.6 Å². The number of aromatic hydroxyl groups is 2. The number of nitrogens with zero attached hydrogens (tertiary/aromatic N) is 1. The minimum Gasteiger partial charge on any atom is -0.508 e. The molecule has 6 nitrogen and oxygen atoms in total. The summed E-state index contributed by atoms with van der Waals surface area (Å²) in [5.41, 5.74) is 1.33. The molecule has 0 fully saturated rings. The fourth-order valence-electron chi connectivity index (χ4n) is 3.46. The van der Waals surface area contributed by atoms with Gasteiger partial charge in [0.15, 0.2) is 0 Å². The molecule has 126 valence electrons. The molecular formula is C19H16N2O4. The molecule has 25 heavy (non-hydrogen) atoms. The molecule has 2 heterocycles. The zero-order valence-corrected chi connectivity index (χ0v) is 13.5. The number of benzene rings is 2. The summed E-state index contributed by atoms with van der Waals surface area (Å²) in [6, 6.07) is 11.3. The second-order valence-electron chi connectivity index (χ2n) is 6.27. The summed E-state index contributed by atoms with van der Waals surface area (Å²) in [7, 11) is 0. The van der Waals surface area contributed by atoms with Crippen molar-refractivity contribution in [3.8, 4) is 11.5 Å². The van der Waals surface area contributed by atoms with E-state index in [9.17, 15) is 19.8 Å². The zero-order chi connectivity index (χ0) is 17.7. The van der Waals surface area contributed by atoms with Crippen LogP contribution in [-0.4, -0.2) is 20.7 Å². The Kier molecular flexibility index (Phi) is 3.28. The van der Waals surface area contributed by atoms with Crippen LogP contribution in [0.2, 0.25) is 0 Å². The highest BCUT2D eigenvalue weighted by Crippen LogP contribution is 2.36. The summed E-state index contributed by atoms with van der Waals surface area (Å²) >= 11 is 0. The first kappa shape index (κ1) is 15.3. The Morgan fingerprint density at radius 1 is 1.16 bits per heavy atom. The summed E-state index contributed by atoms with van der Waals surface area (Å²) in [5.74, 6) is -0.909. The van der Waals surface area contributed by atoms with Gasteiger partial charge in [-0.05, 0) is 49.2 Å². The molecule has 1 aromatic heterocycles. The Labute approximate surface area is 143 Å². The molecule has 3 N–H and O–H groups in total. The van der Waals surface area contributed by atoms with E-state index in [0.717, 1.165) is 5.56 Å². The van der Waals surface area contributed by atoms with Crippen molar-refractivity contribution in [3.05, 3.63) is 63.9 Å². The van der Waals surface area contributed by atoms with Crippen molar-refractivity contribution in [3.63, 3.8) is 0 Å². The van der Waals surface area contributed by atoms with E-state index >= 15 is 0 Å². The van der Waals surface area contributed by atoms with E-state index in [2.05, 4.69) is 5.32 Å². The van der Waals surface area contributed by atoms with E-state index in [0.29, 0.717) is 23.0 Å². The molecule has 3 aromatic rings. The number of hydrogen-bond acceptors (Lipinski definition) is 4. The van der Waals surface area contributed by atoms with E-state index in [1.165, 1.54) is 24.3 Å². The lowest BCUT2D eigenvalue weighted by Gasteiger charge is -2.14. The number of anilines is 1. The number of phenolic OH excluding ortho intramolecular Hbond substituents is 1. The number of rotatable bonds is 2. The van der Waals surface area contributed by atoms with Gasteiger partial charge >= 0.3 is 0 Å². The molecule has 0 saturated heterocycles. The molecule has 1 amide bonds. The van der Waals surface area contributed by atoms with Gasteiger partial charge in [0.2, 0.25) is 0 Å². The number of amides is 1. The molecule has 0 unspecified atom stereocenters. The predicted octanol–water partition coefficient (Wildman–Crippen LogP) is 2.78. The maximum Gasteiger partial charge on any atom is 0.268 e. The molecule has 1 aliphatic rings. The van der Waals surface area contributed by atoms with Crippen molar-refractivity contribution in [2.24, 2.45) is 0 Å². The van der Waals surface area contributed by atoms with Crippen LogP contribution < -0.4 is 10.9 Å². The van der Waals surface area contributed by atoms with Gasteiger partial charge in [0.05, 0.1) is 5.52 Å². The van der Waals surface area contributed by atoms with E-state index < -0.39 is 11.5 Å². The average Bonchev–Trinajstić information content (AvgIpc) is 2.92. The van der Waals surface area contributed by atoms with Crippen LogP contribution in [0.3, 0.4) is 0 Å². The van der Waals surface area contributed by atoms with Gasteiger partial charge in [0.1, 0.15) is 17.1 Å². The van der Waals surface area contributed by atoms with E-state index in [1.807, 2.05) is 19.1 Å². The lowest BCUT2D eigenvalue weighted by molar-refractivity contribution is 0.102. The Balaban J connectivity index is 1.87. The number of para-hydroxylation sites is 1. The minimum absolute atomic E-state index is 0.0705. The predicted molar refractivity (Wildman–Crippen MR) is 94.3 cm³/mol. The first-order valence-corrected chi connectivity index (χ1v) is 7.97. The third-order valence-corrected chi connectivity index (χ3v) is 4.59. The minimum atomic E-state index is -0.677. The molecule has 1 atom stereocenters. The Morgan fingerprint density at radius 3 is 2.60 bits per heavy atom. The first-order chi connectivity index (χ1) is 12.0. The summed E-state index contributed by atoms with van der Waals surface area (Å²) in [6.45, 7) is 1.92. The van der Waals surface area contributed by atoms with Crippen LogP contribution in [0.15, 0.2) is 47.3 Å². The average molecular weight is 336 g/mol. The summed E-state index contributed by atoms with van der Waals surface area (Å²) < 4.78 is 1.58. The fraction of sp³-hybridized carbons (Fsp3) is 0.158. The van der Waals surface area contributed by atoms with Crippen molar-refractivity contribution < 1.29 is 15.0 Å². The standard InChI is InChI=1S/C19H16N2O4/c1-10-9-11-3-2-4-14-16(11)21(10)19(25)15(17(14)23)18(24)20-12-5-7-13(22)8-6-12/h2-8,10,22-23H,9H2,1H3,(H,20,24)/t10-/m0/s1. The van der Waals surface area contributed by atoms with Crippen LogP contribution in [0, 0.1) is 0 Å². The largest absolute Gasteiger partial charge is 0.508 e. The first-order valence-electron chi connectivity index (χ1n) is 7.97. The molecule has 0 spiro atoms. The molecule has 1 aliphatic heterocycles. The van der Waals surface area contributed by atoms with Crippen molar-refractivity contribution >= 4 is 22.5 Å². The highest BCUT2D eigenvalue weighted by molar-refractivity contribution is 6.09. The van der Waals surface area contributed by atoms with Gasteiger partial charge in [-0.25, -0.2) is 0 Å². The molecule has 2 aromatic carbocycles. The molecule has 0 aliphatic carbocycles. The Hall–Kier alpha value is -3.28. The molecule has 0 bridgehead atoms. The number of phenols is 1. The Bertz CT molecular complexity index is 1070. The number of pyridine rings is 1. The van der Waals surface area contributed by atoms with Crippen LogP contribution in [0.5, 0.6) is 11.5 Å². The molecular weight excluding hydrogens is 320 g/mol. The third-order valence-electron chi connectivity index (χ3n) is 4.59. The highest BCUT2D eigenvalue weighted by Gasteiger charge is 2.29. The Morgan fingerprint density at radius 2 is 1.88 bits per heavy atom. The molecule has 0 saturated carbocycles. The summed E-state index contributed by atoms with van der Waals surface area (Å²) in [5, 5.41) is 23.0. The van der Waals surface area contributed by atoms with Gasteiger partial charge in [-0.15, -0.1) is 0 Å². The van der Waals surface area contributed by atoms with Crippen molar-refractivity contribution in [2.75, 3.05) is 5.32 Å². The van der Waals surface area contributed by atoms with Gasteiger partial charge in [-0.1, -0.05) is 12.1 Å².